The van der Waals surface area contributed by atoms with E-state index in [0.717, 1.165) is 13.0 Å². The van der Waals surface area contributed by atoms with Gasteiger partial charge in [0.25, 0.3) is 0 Å². The Morgan fingerprint density at radius 2 is 2.29 bits per heavy atom. The maximum absolute atomic E-state index is 11.3. The van der Waals surface area contributed by atoms with Crippen LogP contribution in [0.4, 0.5) is 0 Å². The lowest BCUT2D eigenvalue weighted by Crippen LogP contribution is -2.18. The maximum Gasteiger partial charge on any atom is 0.343 e. The molecule has 4 nitrogen and oxygen atoms in total. The Labute approximate surface area is 82.1 Å². The van der Waals surface area contributed by atoms with Crippen LogP contribution in [0, 0.1) is 0 Å². The summed E-state index contributed by atoms with van der Waals surface area (Å²) in [6.07, 6.45) is 4.14. The Hall–Kier alpha value is -1.58. The molecule has 0 saturated heterocycles. The van der Waals surface area contributed by atoms with Gasteiger partial charge in [-0.15, -0.1) is 0 Å². The summed E-state index contributed by atoms with van der Waals surface area (Å²) in [7, 11) is 1.26. The van der Waals surface area contributed by atoms with Gasteiger partial charge in [-0.25, -0.2) is 4.79 Å². The first-order valence-electron chi connectivity index (χ1n) is 4.47. The molecule has 0 aliphatic heterocycles. The van der Waals surface area contributed by atoms with E-state index in [2.05, 4.69) is 4.74 Å². The quantitative estimate of drug-likeness (QED) is 0.677. The predicted octanol–water partition coefficient (Wildman–Crippen LogP) is 1.04. The Kier molecular flexibility index (Phi) is 3.45. The number of hydrogen-bond donors (Lipinski definition) is 0. The highest BCUT2D eigenvalue weighted by atomic mass is 16.5. The van der Waals surface area contributed by atoms with Crippen LogP contribution < -0.4 is 5.43 Å². The molecular weight excluding hydrogens is 182 g/mol. The average molecular weight is 195 g/mol. The zero-order valence-corrected chi connectivity index (χ0v) is 8.32. The van der Waals surface area contributed by atoms with Crippen molar-refractivity contribution in [2.24, 2.45) is 0 Å². The third kappa shape index (κ3) is 2.22. The van der Waals surface area contributed by atoms with Gasteiger partial charge in [-0.05, 0) is 6.42 Å². The minimum Gasteiger partial charge on any atom is -0.465 e. The van der Waals surface area contributed by atoms with Crippen molar-refractivity contribution in [3.63, 3.8) is 0 Å². The molecule has 0 bridgehead atoms. The largest absolute Gasteiger partial charge is 0.465 e. The number of nitrogens with zero attached hydrogens (tertiary/aromatic N) is 1. The molecule has 0 atom stereocenters. The summed E-state index contributed by atoms with van der Waals surface area (Å²) in [6.45, 7) is 2.81. The van der Waals surface area contributed by atoms with E-state index in [0.29, 0.717) is 0 Å². The molecule has 0 aliphatic carbocycles. The summed E-state index contributed by atoms with van der Waals surface area (Å²) < 4.78 is 6.30. The van der Waals surface area contributed by atoms with E-state index < -0.39 is 5.97 Å². The number of aromatic nitrogens is 1. The van der Waals surface area contributed by atoms with Gasteiger partial charge in [0.15, 0.2) is 5.43 Å². The molecule has 1 heterocycles. The lowest BCUT2D eigenvalue weighted by Gasteiger charge is -2.05. The van der Waals surface area contributed by atoms with Crippen LogP contribution in [-0.2, 0) is 11.3 Å². The van der Waals surface area contributed by atoms with Crippen molar-refractivity contribution in [1.29, 1.82) is 0 Å². The summed E-state index contributed by atoms with van der Waals surface area (Å²) in [5, 5.41) is 0. The van der Waals surface area contributed by atoms with E-state index in [1.807, 2.05) is 6.92 Å². The molecule has 0 radical (unpaired) electrons. The molecule has 1 aromatic heterocycles. The van der Waals surface area contributed by atoms with E-state index in [9.17, 15) is 9.59 Å². The second-order valence-electron chi connectivity index (χ2n) is 2.95. The molecule has 14 heavy (non-hydrogen) atoms. The van der Waals surface area contributed by atoms with Gasteiger partial charge in [0, 0.05) is 25.0 Å². The molecule has 0 amide bonds. The van der Waals surface area contributed by atoms with Crippen LogP contribution in [0.5, 0.6) is 0 Å². The van der Waals surface area contributed by atoms with Gasteiger partial charge in [0.1, 0.15) is 5.56 Å². The number of pyridine rings is 1. The first kappa shape index (κ1) is 10.5. The number of carbonyl (C=O) groups is 1. The average Bonchev–Trinajstić information content (AvgIpc) is 2.20. The third-order valence-electron chi connectivity index (χ3n) is 1.86. The number of esters is 1. The van der Waals surface area contributed by atoms with Crippen molar-refractivity contribution >= 4 is 5.97 Å². The predicted molar refractivity (Wildman–Crippen MR) is 52.3 cm³/mol. The molecular formula is C10H13NO3. The topological polar surface area (TPSA) is 48.3 Å². The molecule has 0 spiro atoms. The third-order valence-corrected chi connectivity index (χ3v) is 1.86. The lowest BCUT2D eigenvalue weighted by molar-refractivity contribution is 0.0598. The lowest BCUT2D eigenvalue weighted by atomic mass is 10.2. The van der Waals surface area contributed by atoms with Gasteiger partial charge in [-0.2, -0.15) is 0 Å². The summed E-state index contributed by atoms with van der Waals surface area (Å²) in [5.41, 5.74) is -0.215. The SMILES string of the molecule is CCCn1ccc(=O)c(C(=O)OC)c1. The van der Waals surface area contributed by atoms with Gasteiger partial charge in [-0.1, -0.05) is 6.92 Å². The number of rotatable bonds is 3. The second-order valence-corrected chi connectivity index (χ2v) is 2.95. The van der Waals surface area contributed by atoms with E-state index >= 15 is 0 Å². The molecule has 0 aromatic carbocycles. The van der Waals surface area contributed by atoms with E-state index in [1.54, 1.807) is 10.8 Å². The number of ether oxygens (including phenoxy) is 1. The number of hydrogen-bond acceptors (Lipinski definition) is 3. The van der Waals surface area contributed by atoms with Gasteiger partial charge in [0.2, 0.25) is 0 Å². The summed E-state index contributed by atoms with van der Waals surface area (Å²) >= 11 is 0. The first-order valence-corrected chi connectivity index (χ1v) is 4.47. The Morgan fingerprint density at radius 3 is 2.86 bits per heavy atom. The van der Waals surface area contributed by atoms with Crippen LogP contribution >= 0.6 is 0 Å². The fourth-order valence-electron chi connectivity index (χ4n) is 1.19. The number of aryl methyl sites for hydroxylation is 1. The zero-order valence-electron chi connectivity index (χ0n) is 8.32. The zero-order chi connectivity index (χ0) is 10.6. The van der Waals surface area contributed by atoms with E-state index in [4.69, 9.17) is 0 Å². The van der Waals surface area contributed by atoms with Gasteiger partial charge < -0.3 is 9.30 Å². The van der Waals surface area contributed by atoms with E-state index in [1.165, 1.54) is 19.4 Å². The van der Waals surface area contributed by atoms with Crippen molar-refractivity contribution in [1.82, 2.24) is 4.57 Å². The molecule has 1 aromatic rings. The van der Waals surface area contributed by atoms with Crippen molar-refractivity contribution in [2.45, 2.75) is 19.9 Å². The molecule has 0 N–H and O–H groups in total. The van der Waals surface area contributed by atoms with Crippen LogP contribution in [-0.4, -0.2) is 17.6 Å². The molecule has 0 fully saturated rings. The fraction of sp³-hybridized carbons (Fsp3) is 0.400. The normalized spacial score (nSPS) is 9.86. The maximum atomic E-state index is 11.3. The Morgan fingerprint density at radius 1 is 1.57 bits per heavy atom. The number of methoxy groups -OCH3 is 1. The summed E-state index contributed by atoms with van der Waals surface area (Å²) in [5.74, 6) is -0.583. The Balaban J connectivity index is 3.08. The van der Waals surface area contributed by atoms with Gasteiger partial charge >= 0.3 is 5.97 Å². The molecule has 4 heteroatoms. The minimum atomic E-state index is -0.583. The van der Waals surface area contributed by atoms with Gasteiger partial charge in [-0.3, -0.25) is 4.79 Å². The fourth-order valence-corrected chi connectivity index (χ4v) is 1.19. The highest BCUT2D eigenvalue weighted by molar-refractivity contribution is 5.88. The highest BCUT2D eigenvalue weighted by Crippen LogP contribution is 1.96. The minimum absolute atomic E-state index is 0.0865. The number of carbonyl (C=O) groups excluding carboxylic acids is 1. The molecule has 0 aliphatic rings. The second kappa shape index (κ2) is 4.60. The summed E-state index contributed by atoms with van der Waals surface area (Å²) in [4.78, 5) is 22.4. The van der Waals surface area contributed by atoms with Crippen molar-refractivity contribution in [3.8, 4) is 0 Å². The summed E-state index contributed by atoms with van der Waals surface area (Å²) in [6, 6.07) is 1.38. The van der Waals surface area contributed by atoms with Crippen molar-refractivity contribution < 1.29 is 9.53 Å². The highest BCUT2D eigenvalue weighted by Gasteiger charge is 2.09. The Bertz CT molecular complexity index is 381. The monoisotopic (exact) mass is 195 g/mol. The van der Waals surface area contributed by atoms with Crippen LogP contribution in [0.1, 0.15) is 23.7 Å². The first-order chi connectivity index (χ1) is 6.69. The molecule has 0 unspecified atom stereocenters. The standard InChI is InChI=1S/C10H13NO3/c1-3-5-11-6-4-9(12)8(7-11)10(13)14-2/h4,6-7H,3,5H2,1-2H3. The smallest absolute Gasteiger partial charge is 0.343 e. The van der Waals surface area contributed by atoms with Crippen LogP contribution in [0.2, 0.25) is 0 Å². The van der Waals surface area contributed by atoms with Crippen LogP contribution in [0.25, 0.3) is 0 Å². The molecule has 76 valence electrons. The molecule has 0 saturated carbocycles. The van der Waals surface area contributed by atoms with Crippen LogP contribution in [0.15, 0.2) is 23.3 Å². The van der Waals surface area contributed by atoms with E-state index in [-0.39, 0.29) is 11.0 Å². The van der Waals surface area contributed by atoms with Gasteiger partial charge in [0.05, 0.1) is 7.11 Å². The molecule has 1 rings (SSSR count). The van der Waals surface area contributed by atoms with Crippen LogP contribution in [0.3, 0.4) is 0 Å². The van der Waals surface area contributed by atoms with Crippen molar-refractivity contribution in [3.05, 3.63) is 34.2 Å². The van der Waals surface area contributed by atoms with Crippen molar-refractivity contribution in [2.75, 3.05) is 7.11 Å².